The number of benzene rings is 2. The fraction of sp³-hybridized carbons (Fsp3) is 0.222. The third kappa shape index (κ3) is 4.19. The van der Waals surface area contributed by atoms with Crippen molar-refractivity contribution < 1.29 is 14.3 Å². The third-order valence-electron chi connectivity index (χ3n) is 3.00. The summed E-state index contributed by atoms with van der Waals surface area (Å²) in [6, 6.07) is 15.0. The Balaban J connectivity index is 2.31. The molecule has 0 bridgehead atoms. The van der Waals surface area contributed by atoms with Crippen molar-refractivity contribution in [3.8, 4) is 11.5 Å². The summed E-state index contributed by atoms with van der Waals surface area (Å²) in [6.07, 6.45) is 2.83. The molecule has 2 aromatic carbocycles. The molecule has 2 rings (SSSR count). The number of rotatable bonds is 6. The van der Waals surface area contributed by atoms with Crippen LogP contribution >= 0.6 is 0 Å². The van der Waals surface area contributed by atoms with Gasteiger partial charge in [0.1, 0.15) is 11.4 Å². The number of hydrogen-bond donors (Lipinski definition) is 0. The SMILES string of the molecule is CCCC(=O)Oc1cccc(OC)c1N=Cc1ccccc1. The number of esters is 1. The minimum absolute atomic E-state index is 0.271. The third-order valence-corrected chi connectivity index (χ3v) is 3.00. The molecule has 0 heterocycles. The Kier molecular flexibility index (Phi) is 5.72. The second-order valence-corrected chi connectivity index (χ2v) is 4.70. The lowest BCUT2D eigenvalue weighted by molar-refractivity contribution is -0.134. The van der Waals surface area contributed by atoms with E-state index in [0.717, 1.165) is 12.0 Å². The molecule has 0 unspecified atom stereocenters. The molecule has 0 fully saturated rings. The van der Waals surface area contributed by atoms with E-state index in [1.165, 1.54) is 0 Å². The molecule has 22 heavy (non-hydrogen) atoms. The van der Waals surface area contributed by atoms with Crippen molar-refractivity contribution in [2.45, 2.75) is 19.8 Å². The van der Waals surface area contributed by atoms with Crippen LogP contribution in [0.2, 0.25) is 0 Å². The van der Waals surface area contributed by atoms with Gasteiger partial charge in [0.05, 0.1) is 7.11 Å². The summed E-state index contributed by atoms with van der Waals surface area (Å²) in [6.45, 7) is 1.93. The first-order chi connectivity index (χ1) is 10.7. The van der Waals surface area contributed by atoms with Crippen LogP contribution in [0.4, 0.5) is 5.69 Å². The number of carbonyl (C=O) groups excluding carboxylic acids is 1. The van der Waals surface area contributed by atoms with E-state index in [1.54, 1.807) is 31.5 Å². The van der Waals surface area contributed by atoms with Gasteiger partial charge in [0, 0.05) is 12.6 Å². The van der Waals surface area contributed by atoms with Crippen molar-refractivity contribution in [1.82, 2.24) is 0 Å². The highest BCUT2D eigenvalue weighted by atomic mass is 16.5. The van der Waals surface area contributed by atoms with E-state index < -0.39 is 0 Å². The van der Waals surface area contributed by atoms with Gasteiger partial charge in [0.25, 0.3) is 0 Å². The van der Waals surface area contributed by atoms with Crippen LogP contribution in [0.25, 0.3) is 0 Å². The predicted molar refractivity (Wildman–Crippen MR) is 87.2 cm³/mol. The summed E-state index contributed by atoms with van der Waals surface area (Å²) >= 11 is 0. The molecule has 0 aliphatic carbocycles. The van der Waals surface area contributed by atoms with Crippen LogP contribution in [0.1, 0.15) is 25.3 Å². The van der Waals surface area contributed by atoms with Gasteiger partial charge >= 0.3 is 5.97 Å². The molecule has 0 aromatic heterocycles. The van der Waals surface area contributed by atoms with Gasteiger partial charge in [-0.3, -0.25) is 4.79 Å². The van der Waals surface area contributed by atoms with Gasteiger partial charge in [-0.05, 0) is 24.1 Å². The highest BCUT2D eigenvalue weighted by Crippen LogP contribution is 2.37. The molecule has 0 aliphatic rings. The Morgan fingerprint density at radius 3 is 2.50 bits per heavy atom. The monoisotopic (exact) mass is 297 g/mol. The Labute approximate surface area is 130 Å². The van der Waals surface area contributed by atoms with Crippen LogP contribution in [-0.4, -0.2) is 19.3 Å². The molecule has 0 N–H and O–H groups in total. The quantitative estimate of drug-likeness (QED) is 0.457. The molecule has 0 amide bonds. The zero-order valence-electron chi connectivity index (χ0n) is 12.8. The Bertz CT molecular complexity index is 651. The second kappa shape index (κ2) is 7.98. The fourth-order valence-corrected chi connectivity index (χ4v) is 1.93. The maximum Gasteiger partial charge on any atom is 0.311 e. The number of nitrogens with zero attached hydrogens (tertiary/aromatic N) is 1. The second-order valence-electron chi connectivity index (χ2n) is 4.70. The highest BCUT2D eigenvalue weighted by molar-refractivity contribution is 5.84. The zero-order valence-corrected chi connectivity index (χ0v) is 12.8. The van der Waals surface area contributed by atoms with Gasteiger partial charge < -0.3 is 9.47 Å². The zero-order chi connectivity index (χ0) is 15.8. The smallest absolute Gasteiger partial charge is 0.311 e. The first kappa shape index (κ1) is 15.8. The van der Waals surface area contributed by atoms with Crippen molar-refractivity contribution in [3.63, 3.8) is 0 Å². The van der Waals surface area contributed by atoms with Crippen molar-refractivity contribution >= 4 is 17.9 Å². The molecule has 0 radical (unpaired) electrons. The summed E-state index contributed by atoms with van der Waals surface area (Å²) in [4.78, 5) is 16.2. The lowest BCUT2D eigenvalue weighted by Gasteiger charge is -2.10. The molecule has 0 aliphatic heterocycles. The number of carbonyl (C=O) groups is 1. The van der Waals surface area contributed by atoms with Crippen LogP contribution in [0.3, 0.4) is 0 Å². The Morgan fingerprint density at radius 1 is 1.09 bits per heavy atom. The van der Waals surface area contributed by atoms with Crippen LogP contribution in [0.5, 0.6) is 11.5 Å². The average molecular weight is 297 g/mol. The maximum atomic E-state index is 11.7. The summed E-state index contributed by atoms with van der Waals surface area (Å²) in [5, 5.41) is 0. The van der Waals surface area contributed by atoms with E-state index in [9.17, 15) is 4.79 Å². The topological polar surface area (TPSA) is 47.9 Å². The number of ether oxygens (including phenoxy) is 2. The van der Waals surface area contributed by atoms with Crippen molar-refractivity contribution in [1.29, 1.82) is 0 Å². The van der Waals surface area contributed by atoms with Crippen molar-refractivity contribution in [2.75, 3.05) is 7.11 Å². The summed E-state index contributed by atoms with van der Waals surface area (Å²) < 4.78 is 10.7. The Hall–Kier alpha value is -2.62. The molecule has 0 spiro atoms. The fourth-order valence-electron chi connectivity index (χ4n) is 1.93. The summed E-state index contributed by atoms with van der Waals surface area (Å²) in [5.41, 5.74) is 1.47. The van der Waals surface area contributed by atoms with E-state index in [4.69, 9.17) is 9.47 Å². The van der Waals surface area contributed by atoms with E-state index in [0.29, 0.717) is 23.6 Å². The minimum Gasteiger partial charge on any atom is -0.494 e. The van der Waals surface area contributed by atoms with E-state index in [-0.39, 0.29) is 5.97 Å². The lowest BCUT2D eigenvalue weighted by atomic mass is 10.2. The number of aliphatic imine (C=N–C) groups is 1. The average Bonchev–Trinajstić information content (AvgIpc) is 2.54. The van der Waals surface area contributed by atoms with Crippen molar-refractivity contribution in [2.24, 2.45) is 4.99 Å². The largest absolute Gasteiger partial charge is 0.494 e. The lowest BCUT2D eigenvalue weighted by Crippen LogP contribution is -2.07. The molecule has 0 saturated heterocycles. The van der Waals surface area contributed by atoms with Crippen molar-refractivity contribution in [3.05, 3.63) is 54.1 Å². The standard InChI is InChI=1S/C18H19NO3/c1-3-8-17(20)22-16-12-7-11-15(21-2)18(16)19-13-14-9-5-4-6-10-14/h4-7,9-13H,3,8H2,1-2H3. The summed E-state index contributed by atoms with van der Waals surface area (Å²) in [5.74, 6) is 0.700. The highest BCUT2D eigenvalue weighted by Gasteiger charge is 2.12. The van der Waals surface area contributed by atoms with Crippen LogP contribution in [0.15, 0.2) is 53.5 Å². The van der Waals surface area contributed by atoms with Gasteiger partial charge in [0.15, 0.2) is 5.75 Å². The van der Waals surface area contributed by atoms with E-state index >= 15 is 0 Å². The van der Waals surface area contributed by atoms with Crippen LogP contribution in [-0.2, 0) is 4.79 Å². The molecule has 0 atom stereocenters. The molecule has 4 nitrogen and oxygen atoms in total. The first-order valence-electron chi connectivity index (χ1n) is 7.21. The number of para-hydroxylation sites is 1. The molecule has 2 aromatic rings. The van der Waals surface area contributed by atoms with Gasteiger partial charge in [-0.1, -0.05) is 43.3 Å². The molecule has 0 saturated carbocycles. The molecular weight excluding hydrogens is 278 g/mol. The van der Waals surface area contributed by atoms with Gasteiger partial charge in [-0.25, -0.2) is 4.99 Å². The number of methoxy groups -OCH3 is 1. The van der Waals surface area contributed by atoms with Crippen LogP contribution < -0.4 is 9.47 Å². The first-order valence-corrected chi connectivity index (χ1v) is 7.21. The molecular formula is C18H19NO3. The molecule has 4 heteroatoms. The predicted octanol–water partition coefficient (Wildman–Crippen LogP) is 4.15. The van der Waals surface area contributed by atoms with Gasteiger partial charge in [-0.2, -0.15) is 0 Å². The maximum absolute atomic E-state index is 11.7. The van der Waals surface area contributed by atoms with E-state index in [2.05, 4.69) is 4.99 Å². The Morgan fingerprint density at radius 2 is 1.82 bits per heavy atom. The number of hydrogen-bond acceptors (Lipinski definition) is 4. The van der Waals surface area contributed by atoms with Gasteiger partial charge in [-0.15, -0.1) is 0 Å². The van der Waals surface area contributed by atoms with Gasteiger partial charge in [0.2, 0.25) is 0 Å². The molecule has 114 valence electrons. The van der Waals surface area contributed by atoms with Crippen LogP contribution in [0, 0.1) is 0 Å². The van der Waals surface area contributed by atoms with E-state index in [1.807, 2.05) is 37.3 Å². The normalized spacial score (nSPS) is 10.6. The summed E-state index contributed by atoms with van der Waals surface area (Å²) in [7, 11) is 1.56. The minimum atomic E-state index is -0.271.